The van der Waals surface area contributed by atoms with E-state index in [0.29, 0.717) is 29.9 Å². The summed E-state index contributed by atoms with van der Waals surface area (Å²) in [4.78, 5) is 18.6. The summed E-state index contributed by atoms with van der Waals surface area (Å²) in [5, 5.41) is 3.35. The van der Waals surface area contributed by atoms with Crippen molar-refractivity contribution in [2.24, 2.45) is 0 Å². The van der Waals surface area contributed by atoms with E-state index in [9.17, 15) is 4.79 Å². The zero-order valence-corrected chi connectivity index (χ0v) is 19.0. The molecule has 1 unspecified atom stereocenters. The van der Waals surface area contributed by atoms with Gasteiger partial charge >= 0.3 is 7.12 Å². The molecule has 0 spiro atoms. The van der Waals surface area contributed by atoms with E-state index in [-0.39, 0.29) is 17.8 Å². The van der Waals surface area contributed by atoms with Crippen LogP contribution in [-0.2, 0) is 15.9 Å². The third kappa shape index (κ3) is 3.72. The molecule has 3 heterocycles. The Bertz CT molecular complexity index is 1010. The van der Waals surface area contributed by atoms with Gasteiger partial charge in [0.2, 0.25) is 0 Å². The number of aromatic nitrogens is 1. The summed E-state index contributed by atoms with van der Waals surface area (Å²) in [7, 11) is -0.743. The van der Waals surface area contributed by atoms with Gasteiger partial charge in [-0.05, 0) is 59.2 Å². The molecule has 1 saturated heterocycles. The van der Waals surface area contributed by atoms with E-state index in [0.717, 1.165) is 11.1 Å². The number of hydrogen-bond acceptors (Lipinski definition) is 5. The van der Waals surface area contributed by atoms with Gasteiger partial charge in [-0.1, -0.05) is 12.1 Å². The summed E-state index contributed by atoms with van der Waals surface area (Å²) < 4.78 is 27.0. The number of nitrogens with one attached hydrogen (secondary N) is 1. The van der Waals surface area contributed by atoms with Crippen LogP contribution in [0.2, 0.25) is 0 Å². The van der Waals surface area contributed by atoms with Gasteiger partial charge in [0.15, 0.2) is 0 Å². The molecule has 2 aliphatic rings. The van der Waals surface area contributed by atoms with Crippen molar-refractivity contribution in [3.8, 4) is 0 Å². The predicted octanol–water partition coefficient (Wildman–Crippen LogP) is 3.67. The molecule has 1 fully saturated rings. The molecule has 4 rings (SSSR count). The summed E-state index contributed by atoms with van der Waals surface area (Å²) in [6.07, 6.45) is 1.63. The van der Waals surface area contributed by atoms with Crippen molar-refractivity contribution in [1.82, 2.24) is 9.88 Å². The van der Waals surface area contributed by atoms with Crippen LogP contribution >= 0.6 is 0 Å². The fourth-order valence-corrected chi connectivity index (χ4v) is 3.93. The highest BCUT2D eigenvalue weighted by Crippen LogP contribution is 2.37. The predicted molar refractivity (Wildman–Crippen MR) is 119 cm³/mol. The largest absolute Gasteiger partial charge is 0.497 e. The lowest BCUT2D eigenvalue weighted by Gasteiger charge is -2.32. The summed E-state index contributed by atoms with van der Waals surface area (Å²) in [5.74, 6) is 0.307. The summed E-state index contributed by atoms with van der Waals surface area (Å²) >= 11 is 0. The van der Waals surface area contributed by atoms with Crippen molar-refractivity contribution < 1.29 is 18.5 Å². The highest BCUT2D eigenvalue weighted by Gasteiger charge is 2.52. The van der Waals surface area contributed by atoms with Crippen molar-refractivity contribution in [2.45, 2.75) is 65.3 Å². The van der Waals surface area contributed by atoms with Gasteiger partial charge in [0.25, 0.3) is 5.91 Å². The number of amides is 1. The van der Waals surface area contributed by atoms with Crippen LogP contribution in [0.4, 0.5) is 10.2 Å². The minimum atomic E-state index is -0.743. The fraction of sp³-hybridized carbons (Fsp3) is 0.478. The average molecular weight is 425 g/mol. The Kier molecular flexibility index (Phi) is 5.34. The van der Waals surface area contributed by atoms with E-state index in [2.05, 4.69) is 10.3 Å². The fourth-order valence-electron chi connectivity index (χ4n) is 3.93. The lowest BCUT2D eigenvalue weighted by Crippen LogP contribution is -2.41. The Morgan fingerprint density at radius 2 is 1.90 bits per heavy atom. The molecular weight excluding hydrogens is 396 g/mol. The molecule has 6 nitrogen and oxygen atoms in total. The molecule has 0 radical (unpaired) electrons. The zero-order chi connectivity index (χ0) is 22.6. The number of pyridine rings is 1. The van der Waals surface area contributed by atoms with Gasteiger partial charge in [0, 0.05) is 29.3 Å². The topological polar surface area (TPSA) is 63.7 Å². The highest BCUT2D eigenvalue weighted by molar-refractivity contribution is 6.62. The molecule has 164 valence electrons. The van der Waals surface area contributed by atoms with Crippen LogP contribution in [0.1, 0.15) is 69.1 Å². The minimum Gasteiger partial charge on any atom is -0.399 e. The first-order valence-electron chi connectivity index (χ1n) is 10.7. The van der Waals surface area contributed by atoms with E-state index < -0.39 is 18.3 Å². The molecule has 0 bridgehead atoms. The molecular formula is C23H29BFN3O3. The van der Waals surface area contributed by atoms with Gasteiger partial charge in [-0.15, -0.1) is 0 Å². The monoisotopic (exact) mass is 425 g/mol. The number of halogens is 1. The Hall–Kier alpha value is -2.45. The molecule has 2 aliphatic heterocycles. The summed E-state index contributed by atoms with van der Waals surface area (Å²) in [5.41, 5.74) is 1.66. The summed E-state index contributed by atoms with van der Waals surface area (Å²) in [6.45, 7) is 12.9. The van der Waals surface area contributed by atoms with Gasteiger partial charge in [-0.2, -0.15) is 0 Å². The van der Waals surface area contributed by atoms with Gasteiger partial charge < -0.3 is 19.5 Å². The first-order valence-corrected chi connectivity index (χ1v) is 10.7. The lowest BCUT2D eigenvalue weighted by molar-refractivity contribution is 0.00578. The third-order valence-corrected chi connectivity index (χ3v) is 6.69. The Morgan fingerprint density at radius 1 is 1.23 bits per heavy atom. The number of carbonyl (C=O) groups excluding carboxylic acids is 1. The van der Waals surface area contributed by atoms with Crippen LogP contribution in [0, 0.1) is 5.82 Å². The average Bonchev–Trinajstić information content (AvgIpc) is 3.14. The molecule has 1 amide bonds. The highest BCUT2D eigenvalue weighted by atomic mass is 19.1. The van der Waals surface area contributed by atoms with Crippen molar-refractivity contribution in [3.63, 3.8) is 0 Å². The normalized spacial score (nSPS) is 20.2. The van der Waals surface area contributed by atoms with Gasteiger partial charge in [-0.3, -0.25) is 4.79 Å². The van der Waals surface area contributed by atoms with E-state index in [1.807, 2.05) is 47.6 Å². The number of hydrogen-bond donors (Lipinski definition) is 1. The van der Waals surface area contributed by atoms with Crippen LogP contribution in [0.25, 0.3) is 0 Å². The Morgan fingerprint density at radius 3 is 2.52 bits per heavy atom. The van der Waals surface area contributed by atoms with E-state index in [1.54, 1.807) is 23.2 Å². The first-order chi connectivity index (χ1) is 14.5. The molecule has 8 heteroatoms. The van der Waals surface area contributed by atoms with Gasteiger partial charge in [0.1, 0.15) is 11.6 Å². The van der Waals surface area contributed by atoms with Crippen molar-refractivity contribution in [1.29, 1.82) is 0 Å². The quantitative estimate of drug-likeness (QED) is 0.741. The first kappa shape index (κ1) is 21.8. The Labute approximate surface area is 183 Å². The Balaban J connectivity index is 1.54. The second-order valence-corrected chi connectivity index (χ2v) is 9.24. The molecule has 1 atom stereocenters. The van der Waals surface area contributed by atoms with Gasteiger partial charge in [-0.25, -0.2) is 9.37 Å². The van der Waals surface area contributed by atoms with Crippen molar-refractivity contribution in [3.05, 3.63) is 53.0 Å². The molecule has 0 aliphatic carbocycles. The standard InChI is InChI=1S/C23H29BFN3O3/c1-7-28-13-17-16(21(28)29)10-11-26-20(17)27-14(2)15-8-9-18(19(25)12-15)24-30-22(3,4)23(5,6)31-24/h8-12,14H,7,13H2,1-6H3,(H,26,27). The van der Waals surface area contributed by atoms with Crippen molar-refractivity contribution >= 4 is 24.3 Å². The van der Waals surface area contributed by atoms with E-state index in [4.69, 9.17) is 9.31 Å². The summed E-state index contributed by atoms with van der Waals surface area (Å²) in [6, 6.07) is 6.64. The van der Waals surface area contributed by atoms with Crippen LogP contribution in [-0.4, -0.2) is 40.7 Å². The smallest absolute Gasteiger partial charge is 0.399 e. The number of rotatable bonds is 5. The van der Waals surface area contributed by atoms with Gasteiger partial charge in [0.05, 0.1) is 23.8 Å². The van der Waals surface area contributed by atoms with Crippen LogP contribution in [0.5, 0.6) is 0 Å². The lowest BCUT2D eigenvalue weighted by atomic mass is 9.78. The third-order valence-electron chi connectivity index (χ3n) is 6.69. The van der Waals surface area contributed by atoms with E-state index >= 15 is 4.39 Å². The molecule has 2 aromatic rings. The van der Waals surface area contributed by atoms with E-state index in [1.165, 1.54) is 6.07 Å². The maximum Gasteiger partial charge on any atom is 0.497 e. The number of anilines is 1. The maximum absolute atomic E-state index is 15.0. The van der Waals surface area contributed by atoms with Crippen LogP contribution < -0.4 is 10.8 Å². The van der Waals surface area contributed by atoms with Crippen LogP contribution in [0.3, 0.4) is 0 Å². The SMILES string of the molecule is CCN1Cc2c(ccnc2NC(C)c2ccc(B3OC(C)(C)C(C)(C)O3)c(F)c2)C1=O. The number of fused-ring (bicyclic) bond motifs is 1. The molecule has 1 N–H and O–H groups in total. The van der Waals surface area contributed by atoms with Crippen molar-refractivity contribution in [2.75, 3.05) is 11.9 Å². The molecule has 0 saturated carbocycles. The number of nitrogens with zero attached hydrogens (tertiary/aromatic N) is 2. The van der Waals surface area contributed by atoms with Crippen LogP contribution in [0.15, 0.2) is 30.5 Å². The number of carbonyl (C=O) groups is 1. The second kappa shape index (κ2) is 7.60. The maximum atomic E-state index is 15.0. The number of benzene rings is 1. The molecule has 1 aromatic carbocycles. The minimum absolute atomic E-state index is 0.0217. The second-order valence-electron chi connectivity index (χ2n) is 9.24. The zero-order valence-electron chi connectivity index (χ0n) is 19.0. The molecule has 31 heavy (non-hydrogen) atoms. The molecule has 1 aromatic heterocycles.